The van der Waals surface area contributed by atoms with E-state index in [4.69, 9.17) is 0 Å². The molecule has 28 heavy (non-hydrogen) atoms. The second kappa shape index (κ2) is 6.91. The maximum absolute atomic E-state index is 13.2. The Morgan fingerprint density at radius 3 is 2.64 bits per heavy atom. The van der Waals surface area contributed by atoms with Crippen LogP contribution < -0.4 is 10.2 Å². The van der Waals surface area contributed by atoms with Crippen molar-refractivity contribution in [2.24, 2.45) is 0 Å². The van der Waals surface area contributed by atoms with E-state index >= 15 is 0 Å². The lowest BCUT2D eigenvalue weighted by atomic mass is 9.96. The minimum Gasteiger partial charge on any atom is -0.322 e. The number of amides is 2. The molecule has 0 saturated heterocycles. The zero-order valence-corrected chi connectivity index (χ0v) is 16.7. The Morgan fingerprint density at radius 2 is 1.82 bits per heavy atom. The van der Waals surface area contributed by atoms with Gasteiger partial charge in [-0.2, -0.15) is 0 Å². The first-order valence-corrected chi connectivity index (χ1v) is 9.96. The topological polar surface area (TPSA) is 75.2 Å². The predicted octanol–water partition coefficient (Wildman–Crippen LogP) is 3.79. The molecule has 6 nitrogen and oxygen atoms in total. The first-order valence-electron chi connectivity index (χ1n) is 8.97. The van der Waals surface area contributed by atoms with E-state index in [2.05, 4.69) is 15.3 Å². The van der Waals surface area contributed by atoms with Gasteiger partial charge in [-0.1, -0.05) is 42.1 Å². The number of para-hydroxylation sites is 3. The van der Waals surface area contributed by atoms with Crippen LogP contribution in [0.2, 0.25) is 0 Å². The highest BCUT2D eigenvalue weighted by molar-refractivity contribution is 8.00. The number of rotatable bonds is 3. The first kappa shape index (κ1) is 18.4. The summed E-state index contributed by atoms with van der Waals surface area (Å²) >= 11 is 1.37. The molecule has 142 valence electrons. The van der Waals surface area contributed by atoms with Crippen LogP contribution in [0.25, 0.3) is 10.9 Å². The summed E-state index contributed by atoms with van der Waals surface area (Å²) < 4.78 is 0. The molecule has 4 rings (SSSR count). The third-order valence-corrected chi connectivity index (χ3v) is 5.75. The van der Waals surface area contributed by atoms with Gasteiger partial charge >= 0.3 is 0 Å². The molecule has 1 aromatic heterocycles. The number of carbonyl (C=O) groups excluding carboxylic acids is 2. The highest BCUT2D eigenvalue weighted by atomic mass is 32.2. The van der Waals surface area contributed by atoms with Crippen molar-refractivity contribution < 1.29 is 9.59 Å². The Bertz CT molecular complexity index is 1100. The van der Waals surface area contributed by atoms with Gasteiger partial charge in [0.15, 0.2) is 0 Å². The summed E-state index contributed by atoms with van der Waals surface area (Å²) in [7, 11) is 0. The molecule has 2 heterocycles. The molecule has 2 aromatic carbocycles. The van der Waals surface area contributed by atoms with Gasteiger partial charge in [-0.3, -0.25) is 14.5 Å². The lowest BCUT2D eigenvalue weighted by Crippen LogP contribution is -2.58. The van der Waals surface area contributed by atoms with Crippen LogP contribution >= 0.6 is 11.8 Å². The Morgan fingerprint density at radius 1 is 1.11 bits per heavy atom. The van der Waals surface area contributed by atoms with Gasteiger partial charge in [-0.15, -0.1) is 0 Å². The van der Waals surface area contributed by atoms with Gasteiger partial charge in [0, 0.05) is 5.39 Å². The number of benzene rings is 2. The van der Waals surface area contributed by atoms with Gasteiger partial charge in [0.05, 0.1) is 22.6 Å². The Hall–Kier alpha value is -2.93. The lowest BCUT2D eigenvalue weighted by molar-refractivity contribution is -0.125. The van der Waals surface area contributed by atoms with Crippen LogP contribution in [0.4, 0.5) is 11.4 Å². The molecule has 0 atom stereocenters. The van der Waals surface area contributed by atoms with Crippen molar-refractivity contribution in [3.05, 3.63) is 54.4 Å². The first-order chi connectivity index (χ1) is 13.4. The number of nitrogens with zero attached hydrogens (tertiary/aromatic N) is 3. The number of aromatic nitrogens is 2. The standard InChI is InChI=1S/C21H20N4O2S/c1-13-22-15-9-5-4-8-14(15)19(23-13)28-12-18(26)25-17-11-7-6-10-16(17)24-20(27)21(25,2)3/h4-11H,12H2,1-3H3,(H,24,27). The molecular formula is C21H20N4O2S. The van der Waals surface area contributed by atoms with Crippen molar-refractivity contribution in [1.29, 1.82) is 0 Å². The monoisotopic (exact) mass is 392 g/mol. The minimum absolute atomic E-state index is 0.141. The van der Waals surface area contributed by atoms with Gasteiger partial charge in [0.25, 0.3) is 0 Å². The van der Waals surface area contributed by atoms with Crippen LogP contribution in [0.5, 0.6) is 0 Å². The summed E-state index contributed by atoms with van der Waals surface area (Å²) in [5.41, 5.74) is 1.23. The van der Waals surface area contributed by atoms with Gasteiger partial charge in [0.2, 0.25) is 11.8 Å². The van der Waals surface area contributed by atoms with Gasteiger partial charge in [-0.05, 0) is 39.0 Å². The molecule has 0 fully saturated rings. The largest absolute Gasteiger partial charge is 0.322 e. The van der Waals surface area contributed by atoms with E-state index < -0.39 is 5.54 Å². The third kappa shape index (κ3) is 3.11. The van der Waals surface area contributed by atoms with Crippen molar-refractivity contribution in [2.75, 3.05) is 16.0 Å². The summed E-state index contributed by atoms with van der Waals surface area (Å²) in [6.07, 6.45) is 0. The van der Waals surface area contributed by atoms with Crippen molar-refractivity contribution in [3.8, 4) is 0 Å². The van der Waals surface area contributed by atoms with E-state index in [1.807, 2.05) is 49.4 Å². The summed E-state index contributed by atoms with van der Waals surface area (Å²) in [6.45, 7) is 5.35. The molecule has 0 aliphatic carbocycles. The van der Waals surface area contributed by atoms with E-state index in [0.717, 1.165) is 15.9 Å². The van der Waals surface area contributed by atoms with E-state index in [0.29, 0.717) is 17.2 Å². The normalized spacial score (nSPS) is 15.2. The molecule has 0 unspecified atom stereocenters. The van der Waals surface area contributed by atoms with Crippen LogP contribution in [0, 0.1) is 6.92 Å². The van der Waals surface area contributed by atoms with Crippen LogP contribution in [0.1, 0.15) is 19.7 Å². The zero-order valence-electron chi connectivity index (χ0n) is 15.9. The van der Waals surface area contributed by atoms with Crippen LogP contribution in [0.3, 0.4) is 0 Å². The number of fused-ring (bicyclic) bond motifs is 2. The fourth-order valence-corrected chi connectivity index (χ4v) is 4.28. The highest BCUT2D eigenvalue weighted by Gasteiger charge is 2.43. The molecule has 1 aliphatic rings. The van der Waals surface area contributed by atoms with Crippen LogP contribution in [-0.4, -0.2) is 33.1 Å². The second-order valence-corrected chi connectivity index (χ2v) is 8.11. The minimum atomic E-state index is -0.977. The van der Waals surface area contributed by atoms with Crippen molar-refractivity contribution >= 4 is 45.9 Å². The molecule has 0 spiro atoms. The van der Waals surface area contributed by atoms with Gasteiger partial charge in [0.1, 0.15) is 16.4 Å². The maximum atomic E-state index is 13.2. The predicted molar refractivity (Wildman–Crippen MR) is 112 cm³/mol. The molecule has 0 saturated carbocycles. The summed E-state index contributed by atoms with van der Waals surface area (Å²) in [5.74, 6) is 0.494. The number of thioether (sulfide) groups is 1. The maximum Gasteiger partial charge on any atom is 0.250 e. The Balaban J connectivity index is 1.65. The van der Waals surface area contributed by atoms with Crippen molar-refractivity contribution in [3.63, 3.8) is 0 Å². The fourth-order valence-electron chi connectivity index (χ4n) is 3.36. The fraction of sp³-hybridized carbons (Fsp3) is 0.238. The third-order valence-electron chi connectivity index (χ3n) is 4.77. The molecule has 0 bridgehead atoms. The molecular weight excluding hydrogens is 372 g/mol. The summed E-state index contributed by atoms with van der Waals surface area (Å²) in [4.78, 5) is 36.3. The molecule has 1 N–H and O–H groups in total. The summed E-state index contributed by atoms with van der Waals surface area (Å²) in [5, 5.41) is 4.57. The molecule has 2 amide bonds. The Labute approximate surface area is 167 Å². The second-order valence-electron chi connectivity index (χ2n) is 7.14. The van der Waals surface area contributed by atoms with Crippen LogP contribution in [-0.2, 0) is 9.59 Å². The summed E-state index contributed by atoms with van der Waals surface area (Å²) in [6, 6.07) is 15.1. The number of hydrogen-bond acceptors (Lipinski definition) is 5. The van der Waals surface area contributed by atoms with E-state index in [-0.39, 0.29) is 17.6 Å². The molecule has 0 radical (unpaired) electrons. The molecule has 1 aliphatic heterocycles. The number of nitrogens with one attached hydrogen (secondary N) is 1. The SMILES string of the molecule is Cc1nc(SCC(=O)N2c3ccccc3NC(=O)C2(C)C)c2ccccc2n1. The van der Waals surface area contributed by atoms with E-state index in [1.165, 1.54) is 11.8 Å². The average Bonchev–Trinajstić information content (AvgIpc) is 2.66. The number of hydrogen-bond donors (Lipinski definition) is 1. The smallest absolute Gasteiger partial charge is 0.250 e. The van der Waals surface area contributed by atoms with Gasteiger partial charge in [-0.25, -0.2) is 9.97 Å². The van der Waals surface area contributed by atoms with E-state index in [1.54, 1.807) is 24.8 Å². The average molecular weight is 392 g/mol. The Kier molecular flexibility index (Phi) is 4.55. The number of carbonyl (C=O) groups is 2. The van der Waals surface area contributed by atoms with Gasteiger partial charge < -0.3 is 5.32 Å². The number of anilines is 2. The molecule has 7 heteroatoms. The zero-order chi connectivity index (χ0) is 19.9. The van der Waals surface area contributed by atoms with E-state index in [9.17, 15) is 9.59 Å². The van der Waals surface area contributed by atoms with Crippen LogP contribution in [0.15, 0.2) is 53.6 Å². The quantitative estimate of drug-likeness (QED) is 0.542. The van der Waals surface area contributed by atoms with Crippen molar-refractivity contribution in [2.45, 2.75) is 31.3 Å². The highest BCUT2D eigenvalue weighted by Crippen LogP contribution is 2.37. The molecule has 3 aromatic rings. The van der Waals surface area contributed by atoms with Crippen molar-refractivity contribution in [1.82, 2.24) is 9.97 Å². The lowest BCUT2D eigenvalue weighted by Gasteiger charge is -2.42. The number of aryl methyl sites for hydroxylation is 1.